The zero-order valence-corrected chi connectivity index (χ0v) is 17.5. The first-order valence-electron chi connectivity index (χ1n) is 10.5. The molecule has 2 aromatic heterocycles. The van der Waals surface area contributed by atoms with Crippen molar-refractivity contribution >= 4 is 16.9 Å². The van der Waals surface area contributed by atoms with Crippen molar-refractivity contribution in [3.8, 4) is 23.0 Å². The Kier molecular flexibility index (Phi) is 6.64. The average Bonchev–Trinajstić information content (AvgIpc) is 3.22. The molecule has 160 valence electrons. The van der Waals surface area contributed by atoms with Gasteiger partial charge >= 0.3 is 0 Å². The molecule has 0 fully saturated rings. The number of hydrogen-bond donors (Lipinski definition) is 3. The molecule has 0 saturated carbocycles. The zero-order valence-electron chi connectivity index (χ0n) is 17.5. The van der Waals surface area contributed by atoms with Gasteiger partial charge in [0.15, 0.2) is 11.5 Å². The summed E-state index contributed by atoms with van der Waals surface area (Å²) < 4.78 is 12.0. The van der Waals surface area contributed by atoms with Gasteiger partial charge in [0.05, 0.1) is 0 Å². The van der Waals surface area contributed by atoms with Crippen LogP contribution in [-0.4, -0.2) is 28.3 Å². The summed E-state index contributed by atoms with van der Waals surface area (Å²) in [5.41, 5.74) is 6.29. The molecular weight excluding hydrogens is 390 g/mol. The third kappa shape index (κ3) is 5.32. The number of pyridine rings is 1. The number of hydrogen-bond acceptors (Lipinski definition) is 6. The van der Waals surface area contributed by atoms with Gasteiger partial charge in [0.25, 0.3) is 0 Å². The molecule has 0 aliphatic rings. The van der Waals surface area contributed by atoms with E-state index < -0.39 is 0 Å². The van der Waals surface area contributed by atoms with Gasteiger partial charge in [-0.3, -0.25) is 5.10 Å². The standard InChI is InChI=1S/C24H27N5O2/c1-17(6-5-14-25)16-27-24-22-21(13-15-26-23(22)28-29-24)31-20-11-9-19(10-12-20)30-18-7-3-2-4-8-18/h2-4,7-13,15,17H,5-6,14,16,25H2,1H3,(H2,26,27,28,29)/t17-/m0/s1. The van der Waals surface area contributed by atoms with E-state index in [1.807, 2.05) is 60.7 Å². The van der Waals surface area contributed by atoms with E-state index in [1.54, 1.807) is 6.20 Å². The van der Waals surface area contributed by atoms with Gasteiger partial charge in [-0.2, -0.15) is 5.10 Å². The van der Waals surface area contributed by atoms with E-state index in [1.165, 1.54) is 0 Å². The third-order valence-electron chi connectivity index (χ3n) is 4.97. The second-order valence-electron chi connectivity index (χ2n) is 7.51. The maximum atomic E-state index is 6.16. The van der Waals surface area contributed by atoms with Crippen molar-refractivity contribution in [1.29, 1.82) is 0 Å². The number of aromatic amines is 1. The number of rotatable bonds is 10. The van der Waals surface area contributed by atoms with E-state index >= 15 is 0 Å². The second kappa shape index (κ2) is 9.95. The fraction of sp³-hybridized carbons (Fsp3) is 0.250. The minimum absolute atomic E-state index is 0.494. The molecule has 4 N–H and O–H groups in total. The van der Waals surface area contributed by atoms with E-state index in [4.69, 9.17) is 15.2 Å². The first-order valence-corrected chi connectivity index (χ1v) is 10.5. The Labute approximate surface area is 181 Å². The van der Waals surface area contributed by atoms with Gasteiger partial charge in [0, 0.05) is 18.8 Å². The van der Waals surface area contributed by atoms with Gasteiger partial charge in [-0.05, 0) is 61.7 Å². The summed E-state index contributed by atoms with van der Waals surface area (Å²) in [6.45, 7) is 3.72. The monoisotopic (exact) mass is 417 g/mol. The topological polar surface area (TPSA) is 98.1 Å². The predicted octanol–water partition coefficient (Wildman–Crippen LogP) is 5.33. The van der Waals surface area contributed by atoms with Gasteiger partial charge in [-0.15, -0.1) is 0 Å². The Morgan fingerprint density at radius 2 is 1.68 bits per heavy atom. The second-order valence-corrected chi connectivity index (χ2v) is 7.51. The molecule has 0 aliphatic carbocycles. The SMILES string of the molecule is C[C@@H](CCCN)CNc1n[nH]c2nccc(Oc3ccc(Oc4ccccc4)cc3)c12. The summed E-state index contributed by atoms with van der Waals surface area (Å²) in [4.78, 5) is 4.37. The maximum Gasteiger partial charge on any atom is 0.161 e. The summed E-state index contributed by atoms with van der Waals surface area (Å²) in [6.07, 6.45) is 3.80. The average molecular weight is 418 g/mol. The van der Waals surface area contributed by atoms with Gasteiger partial charge in [-0.1, -0.05) is 25.1 Å². The molecule has 2 aromatic carbocycles. The van der Waals surface area contributed by atoms with Crippen molar-refractivity contribution in [2.45, 2.75) is 19.8 Å². The fourth-order valence-electron chi connectivity index (χ4n) is 3.30. The zero-order chi connectivity index (χ0) is 21.5. The number of benzene rings is 2. The van der Waals surface area contributed by atoms with Crippen LogP contribution >= 0.6 is 0 Å². The summed E-state index contributed by atoms with van der Waals surface area (Å²) in [7, 11) is 0. The van der Waals surface area contributed by atoms with Crippen LogP contribution in [0.1, 0.15) is 19.8 Å². The Morgan fingerprint density at radius 1 is 0.968 bits per heavy atom. The van der Waals surface area contributed by atoms with Gasteiger partial charge in [0.2, 0.25) is 0 Å². The number of nitrogens with zero attached hydrogens (tertiary/aromatic N) is 2. The molecule has 31 heavy (non-hydrogen) atoms. The minimum atomic E-state index is 0.494. The quantitative estimate of drug-likeness (QED) is 0.323. The maximum absolute atomic E-state index is 6.16. The van der Waals surface area contributed by atoms with Crippen molar-refractivity contribution in [3.05, 3.63) is 66.9 Å². The first-order chi connectivity index (χ1) is 15.2. The van der Waals surface area contributed by atoms with E-state index in [9.17, 15) is 0 Å². The van der Waals surface area contributed by atoms with Crippen LogP contribution in [0.2, 0.25) is 0 Å². The molecule has 0 spiro atoms. The summed E-state index contributed by atoms with van der Waals surface area (Å²) >= 11 is 0. The Morgan fingerprint density at radius 3 is 2.42 bits per heavy atom. The Balaban J connectivity index is 1.47. The van der Waals surface area contributed by atoms with Crippen molar-refractivity contribution in [3.63, 3.8) is 0 Å². The third-order valence-corrected chi connectivity index (χ3v) is 4.97. The van der Waals surface area contributed by atoms with Crippen LogP contribution in [0.15, 0.2) is 66.9 Å². The molecule has 2 heterocycles. The number of para-hydroxylation sites is 1. The highest BCUT2D eigenvalue weighted by atomic mass is 16.5. The lowest BCUT2D eigenvalue weighted by Crippen LogP contribution is -2.13. The molecule has 0 amide bonds. The largest absolute Gasteiger partial charge is 0.457 e. The number of H-pyrrole nitrogens is 1. The number of aromatic nitrogens is 3. The van der Waals surface area contributed by atoms with E-state index in [0.717, 1.165) is 42.1 Å². The molecular formula is C24H27N5O2. The van der Waals surface area contributed by atoms with Crippen LogP contribution in [0.3, 0.4) is 0 Å². The highest BCUT2D eigenvalue weighted by molar-refractivity contribution is 5.92. The van der Waals surface area contributed by atoms with Crippen molar-refractivity contribution in [2.75, 3.05) is 18.4 Å². The van der Waals surface area contributed by atoms with Crippen molar-refractivity contribution < 1.29 is 9.47 Å². The van der Waals surface area contributed by atoms with Gasteiger partial charge < -0.3 is 20.5 Å². The Hall–Kier alpha value is -3.58. The molecule has 0 saturated heterocycles. The lowest BCUT2D eigenvalue weighted by Gasteiger charge is -2.13. The lowest BCUT2D eigenvalue weighted by molar-refractivity contribution is 0.471. The summed E-state index contributed by atoms with van der Waals surface area (Å²) in [5.74, 6) is 4.16. The smallest absolute Gasteiger partial charge is 0.161 e. The fourth-order valence-corrected chi connectivity index (χ4v) is 3.30. The summed E-state index contributed by atoms with van der Waals surface area (Å²) in [6, 6.07) is 19.1. The van der Waals surface area contributed by atoms with Crippen LogP contribution < -0.4 is 20.5 Å². The minimum Gasteiger partial charge on any atom is -0.457 e. The molecule has 1 atom stereocenters. The van der Waals surface area contributed by atoms with Gasteiger partial charge in [0.1, 0.15) is 28.4 Å². The Bertz CT molecular complexity index is 1100. The molecule has 0 aliphatic heterocycles. The van der Waals surface area contributed by atoms with Crippen LogP contribution in [-0.2, 0) is 0 Å². The lowest BCUT2D eigenvalue weighted by atomic mass is 10.1. The number of nitrogens with one attached hydrogen (secondary N) is 2. The number of fused-ring (bicyclic) bond motifs is 1. The molecule has 0 radical (unpaired) electrons. The number of anilines is 1. The van der Waals surface area contributed by atoms with Crippen molar-refractivity contribution in [2.24, 2.45) is 11.7 Å². The van der Waals surface area contributed by atoms with Crippen molar-refractivity contribution in [1.82, 2.24) is 15.2 Å². The van der Waals surface area contributed by atoms with E-state index in [0.29, 0.717) is 29.6 Å². The summed E-state index contributed by atoms with van der Waals surface area (Å²) in [5, 5.41) is 11.6. The van der Waals surface area contributed by atoms with Crippen LogP contribution in [0.5, 0.6) is 23.0 Å². The van der Waals surface area contributed by atoms with E-state index in [-0.39, 0.29) is 0 Å². The van der Waals surface area contributed by atoms with Crippen LogP contribution in [0.25, 0.3) is 11.0 Å². The van der Waals surface area contributed by atoms with Crippen LogP contribution in [0.4, 0.5) is 5.82 Å². The number of nitrogens with two attached hydrogens (primary N) is 1. The molecule has 4 aromatic rings. The number of ether oxygens (including phenoxy) is 2. The normalized spacial score (nSPS) is 11.9. The highest BCUT2D eigenvalue weighted by Gasteiger charge is 2.14. The molecule has 4 rings (SSSR count). The molecule has 7 nitrogen and oxygen atoms in total. The first kappa shape index (κ1) is 20.7. The predicted molar refractivity (Wildman–Crippen MR) is 123 cm³/mol. The highest BCUT2D eigenvalue weighted by Crippen LogP contribution is 2.33. The van der Waals surface area contributed by atoms with Gasteiger partial charge in [-0.25, -0.2) is 4.98 Å². The molecule has 0 unspecified atom stereocenters. The molecule has 0 bridgehead atoms. The van der Waals surface area contributed by atoms with E-state index in [2.05, 4.69) is 27.4 Å². The van der Waals surface area contributed by atoms with Crippen LogP contribution in [0, 0.1) is 5.92 Å². The molecule has 7 heteroatoms.